The van der Waals surface area contributed by atoms with E-state index in [1.54, 1.807) is 24.2 Å². The van der Waals surface area contributed by atoms with Gasteiger partial charge in [-0.1, -0.05) is 0 Å². The Labute approximate surface area is 123 Å². The maximum absolute atomic E-state index is 12.6. The van der Waals surface area contributed by atoms with E-state index >= 15 is 0 Å². The first-order chi connectivity index (χ1) is 10.0. The smallest absolute Gasteiger partial charge is 0.307 e. The molecule has 2 rings (SSSR count). The monoisotopic (exact) mass is 292 g/mol. The molecule has 1 aliphatic heterocycles. The summed E-state index contributed by atoms with van der Waals surface area (Å²) in [6, 6.07) is 2.82. The molecule has 1 aromatic heterocycles. The Morgan fingerprint density at radius 1 is 1.38 bits per heavy atom. The molecule has 6 nitrogen and oxygen atoms in total. The number of esters is 1. The lowest BCUT2D eigenvalue weighted by Crippen LogP contribution is -2.45. The van der Waals surface area contributed by atoms with Crippen LogP contribution < -0.4 is 5.56 Å². The molecule has 0 bridgehead atoms. The third-order valence-electron chi connectivity index (χ3n) is 3.87. The van der Waals surface area contributed by atoms with Crippen LogP contribution in [-0.4, -0.2) is 41.0 Å². The third-order valence-corrected chi connectivity index (χ3v) is 3.87. The highest BCUT2D eigenvalue weighted by Gasteiger charge is 2.29. The molecule has 1 unspecified atom stereocenters. The number of hydrogen-bond donors (Lipinski definition) is 0. The van der Waals surface area contributed by atoms with Gasteiger partial charge in [0.15, 0.2) is 0 Å². The van der Waals surface area contributed by atoms with E-state index in [-0.39, 0.29) is 29.9 Å². The van der Waals surface area contributed by atoms with Gasteiger partial charge in [-0.2, -0.15) is 0 Å². The van der Waals surface area contributed by atoms with Crippen LogP contribution >= 0.6 is 0 Å². The fourth-order valence-electron chi connectivity index (χ4n) is 2.60. The Morgan fingerprint density at radius 3 is 2.81 bits per heavy atom. The molecule has 2 heterocycles. The highest BCUT2D eigenvalue weighted by molar-refractivity contribution is 5.94. The fourth-order valence-corrected chi connectivity index (χ4v) is 2.60. The maximum Gasteiger partial charge on any atom is 0.307 e. The number of aryl methyl sites for hydroxylation is 1. The van der Waals surface area contributed by atoms with Gasteiger partial charge in [0.25, 0.3) is 11.5 Å². The predicted octanol–water partition coefficient (Wildman–Crippen LogP) is 0.943. The van der Waals surface area contributed by atoms with Crippen molar-refractivity contribution in [2.45, 2.75) is 31.7 Å². The SMILES string of the molecule is COC(=O)CC1CCCCN1C(=O)c1ccn(C)c(=O)c1. The summed E-state index contributed by atoms with van der Waals surface area (Å²) in [5.74, 6) is -0.509. The van der Waals surface area contributed by atoms with Crippen LogP contribution in [0.5, 0.6) is 0 Å². The first-order valence-electron chi connectivity index (χ1n) is 7.07. The summed E-state index contributed by atoms with van der Waals surface area (Å²) in [7, 11) is 2.98. The lowest BCUT2D eigenvalue weighted by Gasteiger charge is -2.35. The van der Waals surface area contributed by atoms with Crippen molar-refractivity contribution in [2.24, 2.45) is 7.05 Å². The van der Waals surface area contributed by atoms with E-state index in [9.17, 15) is 14.4 Å². The second kappa shape index (κ2) is 6.56. The number of carbonyl (C=O) groups excluding carboxylic acids is 2. The number of methoxy groups -OCH3 is 1. The number of aromatic nitrogens is 1. The lowest BCUT2D eigenvalue weighted by molar-refractivity contribution is -0.142. The normalized spacial score (nSPS) is 18.4. The first kappa shape index (κ1) is 15.3. The van der Waals surface area contributed by atoms with Crippen LogP contribution in [0.1, 0.15) is 36.0 Å². The number of likely N-dealkylation sites (tertiary alicyclic amines) is 1. The number of piperidine rings is 1. The minimum Gasteiger partial charge on any atom is -0.469 e. The average Bonchev–Trinajstić information content (AvgIpc) is 2.49. The molecule has 6 heteroatoms. The molecule has 1 atom stereocenters. The molecule has 0 spiro atoms. The van der Waals surface area contributed by atoms with Crippen molar-refractivity contribution in [3.05, 3.63) is 34.2 Å². The number of nitrogens with zero attached hydrogens (tertiary/aromatic N) is 2. The van der Waals surface area contributed by atoms with Crippen molar-refractivity contribution in [2.75, 3.05) is 13.7 Å². The quantitative estimate of drug-likeness (QED) is 0.778. The van der Waals surface area contributed by atoms with Crippen LogP contribution in [-0.2, 0) is 16.6 Å². The summed E-state index contributed by atoms with van der Waals surface area (Å²) < 4.78 is 6.11. The van der Waals surface area contributed by atoms with Gasteiger partial charge in [0.05, 0.1) is 13.5 Å². The number of amides is 1. The van der Waals surface area contributed by atoms with Crippen molar-refractivity contribution in [1.29, 1.82) is 0 Å². The van der Waals surface area contributed by atoms with Gasteiger partial charge in [-0.15, -0.1) is 0 Å². The molecule has 1 aliphatic rings. The first-order valence-corrected chi connectivity index (χ1v) is 7.07. The van der Waals surface area contributed by atoms with Gasteiger partial charge in [0.1, 0.15) is 0 Å². The van der Waals surface area contributed by atoms with E-state index in [4.69, 9.17) is 4.74 Å². The molecule has 0 aromatic carbocycles. The molecule has 0 radical (unpaired) electrons. The zero-order valence-electron chi connectivity index (χ0n) is 12.4. The van der Waals surface area contributed by atoms with E-state index in [0.717, 1.165) is 19.3 Å². The number of hydrogen-bond acceptors (Lipinski definition) is 4. The summed E-state index contributed by atoms with van der Waals surface area (Å²) >= 11 is 0. The Bertz CT molecular complexity index is 594. The molecule has 1 aromatic rings. The Balaban J connectivity index is 2.19. The number of rotatable bonds is 3. The molecular weight excluding hydrogens is 272 g/mol. The standard InChI is InChI=1S/C15H20N2O4/c1-16-8-6-11(9-13(16)18)15(20)17-7-4-3-5-12(17)10-14(19)21-2/h6,8-9,12H,3-5,7,10H2,1-2H3. The van der Waals surface area contributed by atoms with Crippen LogP contribution in [0.3, 0.4) is 0 Å². The second-order valence-corrected chi connectivity index (χ2v) is 5.29. The molecule has 21 heavy (non-hydrogen) atoms. The minimum absolute atomic E-state index is 0.150. The molecule has 1 fully saturated rings. The molecule has 0 N–H and O–H groups in total. The highest BCUT2D eigenvalue weighted by atomic mass is 16.5. The van der Waals surface area contributed by atoms with Gasteiger partial charge in [0, 0.05) is 37.5 Å². The molecule has 0 saturated carbocycles. The van der Waals surface area contributed by atoms with Crippen LogP contribution in [0.15, 0.2) is 23.1 Å². The molecular formula is C15H20N2O4. The topological polar surface area (TPSA) is 68.6 Å². The van der Waals surface area contributed by atoms with Crippen molar-refractivity contribution in [3.63, 3.8) is 0 Å². The van der Waals surface area contributed by atoms with Crippen LogP contribution in [0.4, 0.5) is 0 Å². The largest absolute Gasteiger partial charge is 0.469 e. The summed E-state index contributed by atoms with van der Waals surface area (Å²) in [6.07, 6.45) is 4.46. The Kier molecular flexibility index (Phi) is 4.77. The molecule has 1 amide bonds. The molecule has 1 saturated heterocycles. The lowest BCUT2D eigenvalue weighted by atomic mass is 9.98. The van der Waals surface area contributed by atoms with E-state index < -0.39 is 0 Å². The summed E-state index contributed by atoms with van der Waals surface area (Å²) in [4.78, 5) is 37.4. The number of pyridine rings is 1. The van der Waals surface area contributed by atoms with Gasteiger partial charge >= 0.3 is 5.97 Å². The average molecular weight is 292 g/mol. The van der Waals surface area contributed by atoms with Gasteiger partial charge < -0.3 is 14.2 Å². The molecule has 114 valence electrons. The third kappa shape index (κ3) is 3.51. The minimum atomic E-state index is -0.316. The van der Waals surface area contributed by atoms with Crippen LogP contribution in [0, 0.1) is 0 Å². The van der Waals surface area contributed by atoms with E-state index in [0.29, 0.717) is 12.1 Å². The number of carbonyl (C=O) groups is 2. The van der Waals surface area contributed by atoms with Crippen LogP contribution in [0.2, 0.25) is 0 Å². The van der Waals surface area contributed by atoms with Crippen LogP contribution in [0.25, 0.3) is 0 Å². The van der Waals surface area contributed by atoms with Gasteiger partial charge in [0.2, 0.25) is 0 Å². The van der Waals surface area contributed by atoms with E-state index in [1.165, 1.54) is 17.7 Å². The highest BCUT2D eigenvalue weighted by Crippen LogP contribution is 2.22. The predicted molar refractivity (Wildman–Crippen MR) is 77.0 cm³/mol. The van der Waals surface area contributed by atoms with Crippen molar-refractivity contribution in [3.8, 4) is 0 Å². The zero-order chi connectivity index (χ0) is 15.4. The summed E-state index contributed by atoms with van der Waals surface area (Å²) in [5.41, 5.74) is 0.150. The Hall–Kier alpha value is -2.11. The number of ether oxygens (including phenoxy) is 1. The molecule has 0 aliphatic carbocycles. The van der Waals surface area contributed by atoms with E-state index in [2.05, 4.69) is 0 Å². The Morgan fingerprint density at radius 2 is 2.14 bits per heavy atom. The second-order valence-electron chi connectivity index (χ2n) is 5.29. The van der Waals surface area contributed by atoms with Gasteiger partial charge in [-0.25, -0.2) is 0 Å². The maximum atomic E-state index is 12.6. The van der Waals surface area contributed by atoms with Crippen molar-refractivity contribution < 1.29 is 14.3 Å². The summed E-state index contributed by atoms with van der Waals surface area (Å²) in [5, 5.41) is 0. The van der Waals surface area contributed by atoms with Gasteiger partial charge in [-0.3, -0.25) is 14.4 Å². The van der Waals surface area contributed by atoms with Crippen molar-refractivity contribution in [1.82, 2.24) is 9.47 Å². The summed E-state index contributed by atoms with van der Waals surface area (Å²) in [6.45, 7) is 0.607. The fraction of sp³-hybridized carbons (Fsp3) is 0.533. The van der Waals surface area contributed by atoms with E-state index in [1.807, 2.05) is 0 Å². The van der Waals surface area contributed by atoms with Crippen molar-refractivity contribution >= 4 is 11.9 Å². The zero-order valence-corrected chi connectivity index (χ0v) is 12.4. The van der Waals surface area contributed by atoms with Gasteiger partial charge in [-0.05, 0) is 25.3 Å².